The number of phenolic OH excluding ortho intramolecular Hbond substituents is 2. The monoisotopic (exact) mass is 372 g/mol. The number of benzene rings is 3. The highest BCUT2D eigenvalue weighted by atomic mass is 16.5. The van der Waals surface area contributed by atoms with E-state index in [0.29, 0.717) is 17.4 Å². The Labute approximate surface area is 165 Å². The molecule has 0 radical (unpaired) electrons. The molecular formula is C25H24O3. The van der Waals surface area contributed by atoms with Crippen LogP contribution in [-0.2, 0) is 25.7 Å². The lowest BCUT2D eigenvalue weighted by Crippen LogP contribution is -2.28. The normalized spacial score (nSPS) is 22.2. The molecule has 0 fully saturated rings. The maximum absolute atomic E-state index is 10.1. The molecule has 2 N–H and O–H groups in total. The van der Waals surface area contributed by atoms with Crippen molar-refractivity contribution in [1.29, 1.82) is 0 Å². The molecule has 0 heterocycles. The van der Waals surface area contributed by atoms with E-state index < -0.39 is 0 Å². The van der Waals surface area contributed by atoms with Gasteiger partial charge in [0.1, 0.15) is 17.2 Å². The van der Waals surface area contributed by atoms with E-state index >= 15 is 0 Å². The smallest absolute Gasteiger partial charge is 0.118 e. The molecule has 3 aromatic carbocycles. The Morgan fingerprint density at radius 1 is 0.821 bits per heavy atom. The Bertz CT molecular complexity index is 1030. The van der Waals surface area contributed by atoms with Crippen LogP contribution < -0.4 is 4.74 Å². The molecule has 2 atom stereocenters. The van der Waals surface area contributed by atoms with Crippen LogP contribution in [-0.4, -0.2) is 17.3 Å². The first-order valence-corrected chi connectivity index (χ1v) is 9.82. The molecule has 142 valence electrons. The first-order valence-electron chi connectivity index (χ1n) is 9.82. The number of hydrogen-bond acceptors (Lipinski definition) is 3. The number of aromatic hydroxyl groups is 2. The molecule has 0 bridgehead atoms. The minimum atomic E-state index is 0.103. The van der Waals surface area contributed by atoms with E-state index in [-0.39, 0.29) is 5.41 Å². The van der Waals surface area contributed by atoms with Gasteiger partial charge in [0.2, 0.25) is 0 Å². The summed E-state index contributed by atoms with van der Waals surface area (Å²) in [7, 11) is 1.69. The number of rotatable bonds is 3. The summed E-state index contributed by atoms with van der Waals surface area (Å²) in [5, 5.41) is 20.1. The van der Waals surface area contributed by atoms with Crippen molar-refractivity contribution in [2.75, 3.05) is 7.11 Å². The van der Waals surface area contributed by atoms with Crippen molar-refractivity contribution in [3.63, 3.8) is 0 Å². The van der Waals surface area contributed by atoms with Gasteiger partial charge in [-0.3, -0.25) is 0 Å². The van der Waals surface area contributed by atoms with Gasteiger partial charge in [0.25, 0.3) is 0 Å². The van der Waals surface area contributed by atoms with Crippen molar-refractivity contribution in [1.82, 2.24) is 0 Å². The lowest BCUT2D eigenvalue weighted by atomic mass is 9.71. The molecular weight excluding hydrogens is 348 g/mol. The third kappa shape index (κ3) is 2.73. The minimum absolute atomic E-state index is 0.103. The van der Waals surface area contributed by atoms with E-state index in [0.717, 1.165) is 31.4 Å². The number of ether oxygens (including phenoxy) is 1. The van der Waals surface area contributed by atoms with E-state index in [1.165, 1.54) is 27.8 Å². The predicted octanol–water partition coefficient (Wildman–Crippen LogP) is 4.77. The highest BCUT2D eigenvalue weighted by Gasteiger charge is 2.49. The molecule has 3 heteroatoms. The lowest BCUT2D eigenvalue weighted by Gasteiger charge is -2.32. The quantitative estimate of drug-likeness (QED) is 0.696. The van der Waals surface area contributed by atoms with Crippen LogP contribution in [0.25, 0.3) is 0 Å². The topological polar surface area (TPSA) is 49.7 Å². The summed E-state index contributed by atoms with van der Waals surface area (Å²) in [5.41, 5.74) is 6.60. The second kappa shape index (κ2) is 6.30. The van der Waals surface area contributed by atoms with Gasteiger partial charge in [0.05, 0.1) is 7.11 Å². The van der Waals surface area contributed by atoms with Crippen LogP contribution in [0.15, 0.2) is 60.7 Å². The number of methoxy groups -OCH3 is 1. The molecule has 0 aliphatic heterocycles. The van der Waals surface area contributed by atoms with E-state index in [4.69, 9.17) is 4.74 Å². The largest absolute Gasteiger partial charge is 0.508 e. The van der Waals surface area contributed by atoms with Gasteiger partial charge in [0, 0.05) is 0 Å². The van der Waals surface area contributed by atoms with Gasteiger partial charge in [0.15, 0.2) is 0 Å². The van der Waals surface area contributed by atoms with Gasteiger partial charge in [-0.15, -0.1) is 0 Å². The highest BCUT2D eigenvalue weighted by molar-refractivity contribution is 5.49. The molecule has 0 aromatic heterocycles. The van der Waals surface area contributed by atoms with Crippen molar-refractivity contribution in [2.24, 2.45) is 5.41 Å². The van der Waals surface area contributed by atoms with Gasteiger partial charge < -0.3 is 14.9 Å². The van der Waals surface area contributed by atoms with Crippen molar-refractivity contribution in [3.05, 3.63) is 88.5 Å². The predicted molar refractivity (Wildman–Crippen MR) is 109 cm³/mol. The Balaban J connectivity index is 1.55. The van der Waals surface area contributed by atoms with Crippen molar-refractivity contribution in [2.45, 2.75) is 31.6 Å². The first kappa shape index (κ1) is 17.2. The molecule has 1 spiro atoms. The average molecular weight is 372 g/mol. The fraction of sp³-hybridized carbons (Fsp3) is 0.280. The lowest BCUT2D eigenvalue weighted by molar-refractivity contribution is 0.257. The Kier molecular flexibility index (Phi) is 3.87. The SMILES string of the molecule is COc1ccc(C[C@@H]2c3cc(O)ccc3C[C@]23Cc2ccc(O)cc2C3)cc1. The van der Waals surface area contributed by atoms with Crippen molar-refractivity contribution >= 4 is 0 Å². The van der Waals surface area contributed by atoms with E-state index in [1.54, 1.807) is 19.2 Å². The standard InChI is InChI=1S/C25H24O3/c1-28-22-8-2-16(3-9-22)10-24-23-12-21(27)7-5-18(23)14-25(24)13-17-4-6-20(26)11-19(17)15-25/h2-9,11-12,24,26-27H,10,13-15H2,1H3/t24-,25+/m1/s1. The van der Waals surface area contributed by atoms with Crippen LogP contribution in [0.1, 0.15) is 33.7 Å². The molecule has 28 heavy (non-hydrogen) atoms. The van der Waals surface area contributed by atoms with Gasteiger partial charge in [-0.2, -0.15) is 0 Å². The van der Waals surface area contributed by atoms with Crippen molar-refractivity contribution in [3.8, 4) is 17.2 Å². The Morgan fingerprint density at radius 3 is 2.21 bits per heavy atom. The van der Waals surface area contributed by atoms with Gasteiger partial charge >= 0.3 is 0 Å². The summed E-state index contributed by atoms with van der Waals surface area (Å²) in [4.78, 5) is 0. The summed E-state index contributed by atoms with van der Waals surface area (Å²) < 4.78 is 5.30. The van der Waals surface area contributed by atoms with E-state index in [1.807, 2.05) is 24.3 Å². The first-order chi connectivity index (χ1) is 13.6. The van der Waals surface area contributed by atoms with Crippen LogP contribution in [0.4, 0.5) is 0 Å². The third-order valence-electron chi connectivity index (χ3n) is 6.66. The van der Waals surface area contributed by atoms with Gasteiger partial charge in [-0.25, -0.2) is 0 Å². The van der Waals surface area contributed by atoms with Crippen LogP contribution in [0.2, 0.25) is 0 Å². The average Bonchev–Trinajstić information content (AvgIpc) is 3.19. The number of hydrogen-bond donors (Lipinski definition) is 2. The summed E-state index contributed by atoms with van der Waals surface area (Å²) >= 11 is 0. The fourth-order valence-electron chi connectivity index (χ4n) is 5.37. The summed E-state index contributed by atoms with van der Waals surface area (Å²) in [6.07, 6.45) is 3.92. The molecule has 0 amide bonds. The number of phenols is 2. The molecule has 0 saturated carbocycles. The molecule has 5 rings (SSSR count). The molecule has 2 aliphatic carbocycles. The maximum atomic E-state index is 10.1. The molecule has 0 unspecified atom stereocenters. The molecule has 3 nitrogen and oxygen atoms in total. The molecule has 2 aliphatic rings. The summed E-state index contributed by atoms with van der Waals surface area (Å²) in [6.45, 7) is 0. The highest BCUT2D eigenvalue weighted by Crippen LogP contribution is 2.56. The summed E-state index contributed by atoms with van der Waals surface area (Å²) in [6, 6.07) is 19.9. The Morgan fingerprint density at radius 2 is 1.46 bits per heavy atom. The molecule has 0 saturated heterocycles. The van der Waals surface area contributed by atoms with E-state index in [9.17, 15) is 10.2 Å². The van der Waals surface area contributed by atoms with Crippen LogP contribution in [0.5, 0.6) is 17.2 Å². The Hall–Kier alpha value is -2.94. The van der Waals surface area contributed by atoms with E-state index in [2.05, 4.69) is 24.3 Å². The third-order valence-corrected chi connectivity index (χ3v) is 6.66. The second-order valence-electron chi connectivity index (χ2n) is 8.33. The van der Waals surface area contributed by atoms with Gasteiger partial charge in [-0.05, 0) is 101 Å². The maximum Gasteiger partial charge on any atom is 0.118 e. The minimum Gasteiger partial charge on any atom is -0.508 e. The molecule has 3 aromatic rings. The van der Waals surface area contributed by atoms with Crippen LogP contribution in [0, 0.1) is 5.41 Å². The van der Waals surface area contributed by atoms with Crippen LogP contribution >= 0.6 is 0 Å². The zero-order valence-electron chi connectivity index (χ0n) is 16.0. The number of fused-ring (bicyclic) bond motifs is 2. The summed E-state index contributed by atoms with van der Waals surface area (Å²) in [5.74, 6) is 1.88. The second-order valence-corrected chi connectivity index (χ2v) is 8.33. The van der Waals surface area contributed by atoms with Gasteiger partial charge in [-0.1, -0.05) is 24.3 Å². The zero-order chi connectivity index (χ0) is 19.3. The van der Waals surface area contributed by atoms with Crippen LogP contribution in [0.3, 0.4) is 0 Å². The fourth-order valence-corrected chi connectivity index (χ4v) is 5.37. The zero-order valence-corrected chi connectivity index (χ0v) is 16.0. The van der Waals surface area contributed by atoms with Crippen molar-refractivity contribution < 1.29 is 14.9 Å².